The summed E-state index contributed by atoms with van der Waals surface area (Å²) in [7, 11) is -4.26. The number of amides is 1. The molecule has 4 rings (SSSR count). The Labute approximate surface area is 220 Å². The number of nitrogens with one attached hydrogen (secondary N) is 2. The van der Waals surface area contributed by atoms with E-state index in [9.17, 15) is 23.4 Å². The lowest BCUT2D eigenvalue weighted by Gasteiger charge is -2.16. The highest BCUT2D eigenvalue weighted by molar-refractivity contribution is 7.88. The van der Waals surface area contributed by atoms with Crippen molar-refractivity contribution in [1.29, 1.82) is 0 Å². The van der Waals surface area contributed by atoms with Crippen molar-refractivity contribution in [2.45, 2.75) is 37.4 Å². The van der Waals surface area contributed by atoms with E-state index in [1.54, 1.807) is 22.9 Å². The Morgan fingerprint density at radius 3 is 2.73 bits per heavy atom. The lowest BCUT2D eigenvalue weighted by molar-refractivity contribution is -0.0363. The highest BCUT2D eigenvalue weighted by atomic mass is 35.5. The van der Waals surface area contributed by atoms with E-state index in [1.165, 1.54) is 17.2 Å². The Kier molecular flexibility index (Phi) is 8.33. The summed E-state index contributed by atoms with van der Waals surface area (Å²) >= 11 is 11.8. The van der Waals surface area contributed by atoms with Gasteiger partial charge in [0.15, 0.2) is 17.7 Å². The van der Waals surface area contributed by atoms with E-state index < -0.39 is 40.8 Å². The van der Waals surface area contributed by atoms with Gasteiger partial charge in [-0.15, -0.1) is 0 Å². The molecule has 0 radical (unpaired) electrons. The molecule has 200 valence electrons. The van der Waals surface area contributed by atoms with Crippen molar-refractivity contribution in [2.75, 3.05) is 18.9 Å². The third-order valence-corrected chi connectivity index (χ3v) is 7.30. The predicted octanol–water partition coefficient (Wildman–Crippen LogP) is 0.528. The molecule has 1 aliphatic rings. The quantitative estimate of drug-likeness (QED) is 0.238. The van der Waals surface area contributed by atoms with Gasteiger partial charge in [-0.25, -0.2) is 24.5 Å². The van der Waals surface area contributed by atoms with Gasteiger partial charge in [-0.3, -0.25) is 4.57 Å². The number of aliphatic hydroxyl groups excluding tert-OH is 2. The molecule has 3 aromatic rings. The van der Waals surface area contributed by atoms with Gasteiger partial charge in [-0.05, 0) is 24.1 Å². The molecular weight excluding hydrogens is 553 g/mol. The number of ether oxygens (including phenoxy) is 2. The van der Waals surface area contributed by atoms with Crippen molar-refractivity contribution < 1.29 is 32.9 Å². The van der Waals surface area contributed by atoms with E-state index in [1.807, 2.05) is 0 Å². The number of carbonyl (C=O) groups excluding carboxylic acids is 1. The number of rotatable bonds is 9. The van der Waals surface area contributed by atoms with Crippen LogP contribution in [0.3, 0.4) is 0 Å². The maximum Gasteiger partial charge on any atom is 0.421 e. The molecule has 1 aliphatic heterocycles. The van der Waals surface area contributed by atoms with Crippen molar-refractivity contribution in [2.24, 2.45) is 0 Å². The molecule has 1 fully saturated rings. The van der Waals surface area contributed by atoms with Crippen LogP contribution in [0.1, 0.15) is 18.2 Å². The summed E-state index contributed by atoms with van der Waals surface area (Å²) in [6, 6.07) is 4.91. The average Bonchev–Trinajstić information content (AvgIpc) is 3.38. The Morgan fingerprint density at radius 2 is 1.97 bits per heavy atom. The number of halogens is 2. The van der Waals surface area contributed by atoms with Crippen LogP contribution < -0.4 is 15.2 Å². The molecule has 0 aliphatic carbocycles. The molecule has 6 N–H and O–H groups in total. The lowest BCUT2D eigenvalue weighted by Crippen LogP contribution is -2.42. The van der Waals surface area contributed by atoms with Gasteiger partial charge in [0.05, 0.1) is 29.1 Å². The van der Waals surface area contributed by atoms with Gasteiger partial charge in [-0.1, -0.05) is 29.3 Å². The maximum atomic E-state index is 12.2. The molecule has 1 amide bonds. The van der Waals surface area contributed by atoms with E-state index in [0.717, 1.165) is 5.56 Å². The van der Waals surface area contributed by atoms with Crippen LogP contribution in [0.5, 0.6) is 0 Å². The van der Waals surface area contributed by atoms with Crippen molar-refractivity contribution in [3.05, 3.63) is 46.5 Å². The number of nitrogens with two attached hydrogens (primary N) is 1. The van der Waals surface area contributed by atoms with Crippen LogP contribution in [0.2, 0.25) is 10.0 Å². The molecule has 0 unspecified atom stereocenters. The predicted molar refractivity (Wildman–Crippen MR) is 132 cm³/mol. The van der Waals surface area contributed by atoms with E-state index in [4.69, 9.17) is 38.4 Å². The van der Waals surface area contributed by atoms with Gasteiger partial charge in [0.25, 0.3) is 0 Å². The van der Waals surface area contributed by atoms with Gasteiger partial charge >= 0.3 is 16.3 Å². The van der Waals surface area contributed by atoms with Gasteiger partial charge in [0.1, 0.15) is 24.1 Å². The molecule has 2 aromatic heterocycles. The summed E-state index contributed by atoms with van der Waals surface area (Å²) < 4.78 is 40.2. The highest BCUT2D eigenvalue weighted by Crippen LogP contribution is 2.33. The van der Waals surface area contributed by atoms with Crippen LogP contribution in [0.15, 0.2) is 30.9 Å². The monoisotopic (exact) mass is 575 g/mol. The molecule has 0 spiro atoms. The van der Waals surface area contributed by atoms with E-state index in [0.29, 0.717) is 27.6 Å². The zero-order chi connectivity index (χ0) is 26.7. The largest absolute Gasteiger partial charge is 0.448 e. The number of fused-ring (bicyclic) bond motifs is 1. The van der Waals surface area contributed by atoms with Gasteiger partial charge in [0, 0.05) is 13.0 Å². The Morgan fingerprint density at radius 1 is 1.19 bits per heavy atom. The van der Waals surface area contributed by atoms with E-state index in [2.05, 4.69) is 19.7 Å². The number of nitrogens with zero attached hydrogens (tertiary/aromatic N) is 4. The molecule has 14 nitrogen and oxygen atoms in total. The number of nitrogen functional groups attached to an aromatic ring is 1. The third-order valence-electron chi connectivity index (χ3n) is 5.54. The summed E-state index contributed by atoms with van der Waals surface area (Å²) in [5, 5.41) is 21.6. The SMILES string of the molecule is Nc1ncnc2c1ncn2[C@@H]1O[C@H](CCNS(=O)(=O)NC(=O)OCCc2ccc(Cl)c(Cl)c2)[C@@H](O)[C@H]1O. The zero-order valence-corrected chi connectivity index (χ0v) is 21.3. The molecule has 3 heterocycles. The first kappa shape index (κ1) is 27.3. The Balaban J connectivity index is 1.24. The molecular formula is C20H23Cl2N7O7S. The minimum Gasteiger partial charge on any atom is -0.448 e. The van der Waals surface area contributed by atoms with Gasteiger partial charge in [-0.2, -0.15) is 13.1 Å². The second-order valence-corrected chi connectivity index (χ2v) is 10.4. The maximum absolute atomic E-state index is 12.2. The van der Waals surface area contributed by atoms with Crippen LogP contribution in [-0.4, -0.2) is 75.7 Å². The van der Waals surface area contributed by atoms with Crippen LogP contribution >= 0.6 is 23.2 Å². The summed E-state index contributed by atoms with van der Waals surface area (Å²) in [5.41, 5.74) is 7.12. The fourth-order valence-electron chi connectivity index (χ4n) is 3.72. The van der Waals surface area contributed by atoms with Gasteiger partial charge < -0.3 is 25.4 Å². The van der Waals surface area contributed by atoms with Crippen molar-refractivity contribution in [3.8, 4) is 0 Å². The molecule has 0 saturated carbocycles. The smallest absolute Gasteiger partial charge is 0.421 e. The number of hydrogen-bond acceptors (Lipinski definition) is 11. The minimum absolute atomic E-state index is 0.0221. The fourth-order valence-corrected chi connectivity index (χ4v) is 4.78. The van der Waals surface area contributed by atoms with Crippen LogP contribution in [0, 0.1) is 0 Å². The molecule has 17 heteroatoms. The summed E-state index contributed by atoms with van der Waals surface area (Å²) in [6.45, 7) is -0.312. The van der Waals surface area contributed by atoms with Crippen LogP contribution in [0.4, 0.5) is 10.6 Å². The number of benzene rings is 1. The zero-order valence-electron chi connectivity index (χ0n) is 19.0. The number of anilines is 1. The molecule has 4 atom stereocenters. The molecule has 37 heavy (non-hydrogen) atoms. The number of aromatic nitrogens is 4. The normalized spacial score (nSPS) is 21.8. The third kappa shape index (κ3) is 6.38. The second-order valence-electron chi connectivity index (χ2n) is 8.05. The first-order valence-electron chi connectivity index (χ1n) is 10.9. The van der Waals surface area contributed by atoms with Crippen LogP contribution in [0.25, 0.3) is 11.2 Å². The lowest BCUT2D eigenvalue weighted by atomic mass is 10.1. The average molecular weight is 576 g/mol. The molecule has 1 saturated heterocycles. The Bertz CT molecular complexity index is 1390. The number of hydrogen-bond donors (Lipinski definition) is 5. The number of aliphatic hydroxyl groups is 2. The van der Waals surface area contributed by atoms with E-state index in [-0.39, 0.29) is 25.4 Å². The first-order chi connectivity index (χ1) is 17.6. The summed E-state index contributed by atoms with van der Waals surface area (Å²) in [5.74, 6) is 0.142. The second kappa shape index (κ2) is 11.3. The number of carbonyl (C=O) groups is 1. The highest BCUT2D eigenvalue weighted by Gasteiger charge is 2.44. The van der Waals surface area contributed by atoms with Gasteiger partial charge in [0.2, 0.25) is 0 Å². The summed E-state index contributed by atoms with van der Waals surface area (Å²) in [6.07, 6.45) is -2.98. The fraction of sp³-hybridized carbons (Fsp3) is 0.400. The Hall–Kier alpha value is -2.79. The first-order valence-corrected chi connectivity index (χ1v) is 13.1. The molecule has 1 aromatic carbocycles. The standard InChI is InChI=1S/C20H23Cl2N7O7S/c21-11-2-1-10(7-12(11)22)4-6-35-20(32)28-37(33,34)27-5-3-13-15(30)16(31)19(36-13)29-9-26-14-17(23)24-8-25-18(14)29/h1-2,7-9,13,15-16,19,27,30-31H,3-6H2,(H,28,32)(H2,23,24,25)/t13-,15-,16-,19-/m1/s1. The van der Waals surface area contributed by atoms with Crippen molar-refractivity contribution in [1.82, 2.24) is 29.0 Å². The van der Waals surface area contributed by atoms with Crippen molar-refractivity contribution in [3.63, 3.8) is 0 Å². The topological polar surface area (TPSA) is 204 Å². The van der Waals surface area contributed by atoms with Crippen LogP contribution in [-0.2, 0) is 26.1 Å². The van der Waals surface area contributed by atoms with Crippen molar-refractivity contribution >= 4 is 56.5 Å². The number of imidazole rings is 1. The summed E-state index contributed by atoms with van der Waals surface area (Å²) in [4.78, 5) is 23.9. The minimum atomic E-state index is -4.26. The van der Waals surface area contributed by atoms with E-state index >= 15 is 0 Å². The molecule has 0 bridgehead atoms.